The molecular formula is C15H21N3O2. The Morgan fingerprint density at radius 2 is 1.60 bits per heavy atom. The van der Waals surface area contributed by atoms with Crippen LogP contribution in [0.2, 0.25) is 0 Å². The summed E-state index contributed by atoms with van der Waals surface area (Å²) in [5, 5.41) is 0. The van der Waals surface area contributed by atoms with Gasteiger partial charge in [0.1, 0.15) is 23.0 Å². The Bertz CT molecular complexity index is 590. The van der Waals surface area contributed by atoms with Crippen molar-refractivity contribution < 1.29 is 9.47 Å². The van der Waals surface area contributed by atoms with Crippen LogP contribution in [0.15, 0.2) is 24.5 Å². The van der Waals surface area contributed by atoms with Gasteiger partial charge in [-0.15, -0.1) is 0 Å². The van der Waals surface area contributed by atoms with Crippen LogP contribution in [0, 0.1) is 0 Å². The second-order valence-corrected chi connectivity index (χ2v) is 5.62. The van der Waals surface area contributed by atoms with Crippen molar-refractivity contribution >= 4 is 5.82 Å². The second kappa shape index (κ2) is 5.07. The van der Waals surface area contributed by atoms with Crippen LogP contribution >= 0.6 is 0 Å². The number of ether oxygens (including phenoxy) is 2. The van der Waals surface area contributed by atoms with Crippen LogP contribution in [0.4, 0.5) is 5.82 Å². The normalized spacial score (nSPS) is 11.4. The fourth-order valence-corrected chi connectivity index (χ4v) is 2.06. The predicted octanol–water partition coefficient (Wildman–Crippen LogP) is 2.90. The number of aromatic nitrogens is 2. The van der Waals surface area contributed by atoms with E-state index in [1.54, 1.807) is 20.5 Å². The summed E-state index contributed by atoms with van der Waals surface area (Å²) in [6, 6.07) is 5.61. The minimum atomic E-state index is -0.113. The summed E-state index contributed by atoms with van der Waals surface area (Å²) in [6.45, 7) is 6.25. The van der Waals surface area contributed by atoms with E-state index < -0.39 is 0 Å². The van der Waals surface area contributed by atoms with Gasteiger partial charge < -0.3 is 19.8 Å². The zero-order chi connectivity index (χ0) is 14.9. The van der Waals surface area contributed by atoms with Crippen molar-refractivity contribution in [3.63, 3.8) is 0 Å². The third kappa shape index (κ3) is 2.57. The van der Waals surface area contributed by atoms with Crippen LogP contribution in [0.25, 0.3) is 11.3 Å². The van der Waals surface area contributed by atoms with E-state index in [2.05, 4.69) is 25.8 Å². The van der Waals surface area contributed by atoms with Gasteiger partial charge in [-0.25, -0.2) is 4.98 Å². The molecule has 0 aliphatic rings. The molecule has 0 spiro atoms. The number of hydrogen-bond donors (Lipinski definition) is 1. The van der Waals surface area contributed by atoms with Crippen molar-refractivity contribution in [2.24, 2.45) is 0 Å². The largest absolute Gasteiger partial charge is 0.497 e. The maximum atomic E-state index is 6.22. The van der Waals surface area contributed by atoms with E-state index in [1.807, 2.05) is 22.8 Å². The molecule has 1 aromatic heterocycles. The number of hydrogen-bond acceptors (Lipinski definition) is 4. The molecule has 2 rings (SSSR count). The van der Waals surface area contributed by atoms with Gasteiger partial charge in [-0.2, -0.15) is 0 Å². The highest BCUT2D eigenvalue weighted by atomic mass is 16.5. The predicted molar refractivity (Wildman–Crippen MR) is 80.2 cm³/mol. The summed E-state index contributed by atoms with van der Waals surface area (Å²) < 4.78 is 12.5. The first-order valence-corrected chi connectivity index (χ1v) is 6.43. The number of rotatable bonds is 3. The zero-order valence-electron chi connectivity index (χ0n) is 12.6. The molecule has 0 fully saturated rings. The van der Waals surface area contributed by atoms with Gasteiger partial charge in [-0.05, 0) is 32.9 Å². The SMILES string of the molecule is COc1cc(OC)cc(-c2ncn(C(C)(C)C)c2N)c1. The molecule has 2 aromatic rings. The molecule has 1 heterocycles. The number of benzene rings is 1. The molecule has 5 heteroatoms. The molecule has 2 N–H and O–H groups in total. The summed E-state index contributed by atoms with van der Waals surface area (Å²) in [5.74, 6) is 2.06. The Kier molecular flexibility index (Phi) is 3.61. The second-order valence-electron chi connectivity index (χ2n) is 5.62. The van der Waals surface area contributed by atoms with E-state index in [0.29, 0.717) is 17.3 Å². The number of methoxy groups -OCH3 is 2. The smallest absolute Gasteiger partial charge is 0.132 e. The van der Waals surface area contributed by atoms with Gasteiger partial charge in [0, 0.05) is 17.2 Å². The number of imidazole rings is 1. The van der Waals surface area contributed by atoms with Gasteiger partial charge in [-0.3, -0.25) is 0 Å². The van der Waals surface area contributed by atoms with Gasteiger partial charge in [0.2, 0.25) is 0 Å². The first kappa shape index (κ1) is 14.2. The molecule has 0 atom stereocenters. The van der Waals surface area contributed by atoms with E-state index in [4.69, 9.17) is 15.2 Å². The third-order valence-electron chi connectivity index (χ3n) is 3.15. The van der Waals surface area contributed by atoms with Crippen LogP contribution in [0.5, 0.6) is 11.5 Å². The zero-order valence-corrected chi connectivity index (χ0v) is 12.6. The van der Waals surface area contributed by atoms with Crippen LogP contribution in [-0.2, 0) is 5.54 Å². The van der Waals surface area contributed by atoms with Crippen LogP contribution < -0.4 is 15.2 Å². The maximum Gasteiger partial charge on any atom is 0.132 e. The number of nitrogen functional groups attached to an aromatic ring is 1. The van der Waals surface area contributed by atoms with Crippen LogP contribution in [-0.4, -0.2) is 23.8 Å². The molecule has 0 aliphatic heterocycles. The van der Waals surface area contributed by atoms with Gasteiger partial charge in [0.25, 0.3) is 0 Å². The Hall–Kier alpha value is -2.17. The number of anilines is 1. The average Bonchev–Trinajstić information content (AvgIpc) is 2.79. The van der Waals surface area contributed by atoms with E-state index in [0.717, 1.165) is 11.3 Å². The summed E-state index contributed by atoms with van der Waals surface area (Å²) in [4.78, 5) is 4.43. The Morgan fingerprint density at radius 1 is 1.05 bits per heavy atom. The van der Waals surface area contributed by atoms with Crippen molar-refractivity contribution in [2.45, 2.75) is 26.3 Å². The summed E-state index contributed by atoms with van der Waals surface area (Å²) in [5.41, 5.74) is 7.72. The highest BCUT2D eigenvalue weighted by molar-refractivity contribution is 5.73. The van der Waals surface area contributed by atoms with Crippen molar-refractivity contribution in [3.05, 3.63) is 24.5 Å². The van der Waals surface area contributed by atoms with Gasteiger partial charge in [0.05, 0.1) is 20.5 Å². The van der Waals surface area contributed by atoms with E-state index in [1.165, 1.54) is 0 Å². The van der Waals surface area contributed by atoms with E-state index >= 15 is 0 Å². The molecule has 0 radical (unpaired) electrons. The lowest BCUT2D eigenvalue weighted by Crippen LogP contribution is -2.22. The molecule has 108 valence electrons. The highest BCUT2D eigenvalue weighted by Gasteiger charge is 2.20. The van der Waals surface area contributed by atoms with Gasteiger partial charge in [0.15, 0.2) is 0 Å². The summed E-state index contributed by atoms with van der Waals surface area (Å²) >= 11 is 0. The number of nitrogens with two attached hydrogens (primary N) is 1. The van der Waals surface area contributed by atoms with Crippen molar-refractivity contribution in [2.75, 3.05) is 20.0 Å². The van der Waals surface area contributed by atoms with Crippen LogP contribution in [0.1, 0.15) is 20.8 Å². The standard InChI is InChI=1S/C15H21N3O2/c1-15(2,3)18-9-17-13(14(18)16)10-6-11(19-4)8-12(7-10)20-5/h6-9H,16H2,1-5H3. The first-order chi connectivity index (χ1) is 9.36. The summed E-state index contributed by atoms with van der Waals surface area (Å²) in [7, 11) is 3.24. The lowest BCUT2D eigenvalue weighted by molar-refractivity contribution is 0.394. The minimum absolute atomic E-state index is 0.113. The van der Waals surface area contributed by atoms with E-state index in [-0.39, 0.29) is 5.54 Å². The third-order valence-corrected chi connectivity index (χ3v) is 3.15. The topological polar surface area (TPSA) is 62.3 Å². The molecule has 0 bridgehead atoms. The van der Waals surface area contributed by atoms with Crippen molar-refractivity contribution in [1.82, 2.24) is 9.55 Å². The summed E-state index contributed by atoms with van der Waals surface area (Å²) in [6.07, 6.45) is 1.76. The molecule has 0 saturated carbocycles. The molecule has 0 saturated heterocycles. The average molecular weight is 275 g/mol. The van der Waals surface area contributed by atoms with Crippen LogP contribution in [0.3, 0.4) is 0 Å². The van der Waals surface area contributed by atoms with Gasteiger partial charge >= 0.3 is 0 Å². The highest BCUT2D eigenvalue weighted by Crippen LogP contribution is 2.33. The molecule has 5 nitrogen and oxygen atoms in total. The quantitative estimate of drug-likeness (QED) is 0.935. The Labute approximate surface area is 119 Å². The fraction of sp³-hybridized carbons (Fsp3) is 0.400. The first-order valence-electron chi connectivity index (χ1n) is 6.43. The fourth-order valence-electron chi connectivity index (χ4n) is 2.06. The Balaban J connectivity index is 2.54. The molecule has 0 aliphatic carbocycles. The van der Waals surface area contributed by atoms with Gasteiger partial charge in [-0.1, -0.05) is 0 Å². The maximum absolute atomic E-state index is 6.22. The lowest BCUT2D eigenvalue weighted by atomic mass is 10.1. The van der Waals surface area contributed by atoms with Crippen molar-refractivity contribution in [1.29, 1.82) is 0 Å². The monoisotopic (exact) mass is 275 g/mol. The Morgan fingerprint density at radius 3 is 2.00 bits per heavy atom. The molecular weight excluding hydrogens is 254 g/mol. The minimum Gasteiger partial charge on any atom is -0.497 e. The lowest BCUT2D eigenvalue weighted by Gasteiger charge is -2.22. The molecule has 0 unspecified atom stereocenters. The van der Waals surface area contributed by atoms with Crippen molar-refractivity contribution in [3.8, 4) is 22.8 Å². The molecule has 0 amide bonds. The molecule has 1 aromatic carbocycles. The number of nitrogens with zero attached hydrogens (tertiary/aromatic N) is 2. The molecule has 20 heavy (non-hydrogen) atoms. The van der Waals surface area contributed by atoms with E-state index in [9.17, 15) is 0 Å².